The fraction of sp³-hybridized carbons (Fsp3) is 0.500. The maximum Gasteiger partial charge on any atom is 0.272 e. The van der Waals surface area contributed by atoms with Crippen LogP contribution in [0.4, 0.5) is 0 Å². The van der Waals surface area contributed by atoms with Gasteiger partial charge in [0.15, 0.2) is 0 Å². The van der Waals surface area contributed by atoms with Crippen LogP contribution in [0.2, 0.25) is 0 Å². The number of aliphatic hydroxyl groups excluding tert-OH is 1. The van der Waals surface area contributed by atoms with E-state index in [1.807, 2.05) is 41.5 Å². The predicted molar refractivity (Wildman–Crippen MR) is 80.2 cm³/mol. The summed E-state index contributed by atoms with van der Waals surface area (Å²) >= 11 is 0. The second-order valence-electron chi connectivity index (χ2n) is 5.95. The first-order valence-corrected chi connectivity index (χ1v) is 7.47. The van der Waals surface area contributed by atoms with Crippen molar-refractivity contribution in [3.63, 3.8) is 0 Å². The minimum Gasteiger partial charge on any atom is -0.393 e. The number of carbonyl (C=O) groups excluding carboxylic acids is 1. The summed E-state index contributed by atoms with van der Waals surface area (Å²) in [6.07, 6.45) is 5.02. The number of likely N-dealkylation sites (tertiary alicyclic amines) is 1. The van der Waals surface area contributed by atoms with Gasteiger partial charge in [-0.25, -0.2) is 4.98 Å². The Morgan fingerprint density at radius 1 is 1.38 bits per heavy atom. The van der Waals surface area contributed by atoms with Gasteiger partial charge < -0.3 is 10.0 Å². The summed E-state index contributed by atoms with van der Waals surface area (Å²) in [7, 11) is 0. The Hall–Kier alpha value is -1.88. The molecule has 1 atom stereocenters. The van der Waals surface area contributed by atoms with Crippen LogP contribution < -0.4 is 0 Å². The van der Waals surface area contributed by atoms with Crippen molar-refractivity contribution in [2.24, 2.45) is 5.92 Å². The van der Waals surface area contributed by atoms with Crippen molar-refractivity contribution >= 4 is 11.6 Å². The number of pyridine rings is 1. The van der Waals surface area contributed by atoms with Crippen molar-refractivity contribution in [1.82, 2.24) is 14.3 Å². The molecule has 0 spiro atoms. The molecule has 21 heavy (non-hydrogen) atoms. The number of piperidine rings is 1. The SMILES string of the molecule is Cc1ccc2ncc(C(=O)N3CCC(C(C)O)CC3)n2c1. The maximum atomic E-state index is 12.7. The van der Waals surface area contributed by atoms with Crippen LogP contribution in [0.15, 0.2) is 24.5 Å². The van der Waals surface area contributed by atoms with E-state index < -0.39 is 0 Å². The molecule has 0 bridgehead atoms. The van der Waals surface area contributed by atoms with Crippen molar-refractivity contribution < 1.29 is 9.90 Å². The van der Waals surface area contributed by atoms with Gasteiger partial charge in [0.2, 0.25) is 0 Å². The van der Waals surface area contributed by atoms with Crippen molar-refractivity contribution in [2.75, 3.05) is 13.1 Å². The first-order chi connectivity index (χ1) is 10.1. The topological polar surface area (TPSA) is 57.8 Å². The summed E-state index contributed by atoms with van der Waals surface area (Å²) in [6, 6.07) is 3.91. The molecule has 1 N–H and O–H groups in total. The molecule has 3 heterocycles. The summed E-state index contributed by atoms with van der Waals surface area (Å²) < 4.78 is 1.86. The number of rotatable bonds is 2. The average Bonchev–Trinajstić information content (AvgIpc) is 2.89. The van der Waals surface area contributed by atoms with Gasteiger partial charge in [-0.2, -0.15) is 0 Å². The molecule has 1 saturated heterocycles. The number of amides is 1. The summed E-state index contributed by atoms with van der Waals surface area (Å²) in [5.41, 5.74) is 2.51. The van der Waals surface area contributed by atoms with E-state index in [1.54, 1.807) is 6.20 Å². The van der Waals surface area contributed by atoms with Crippen LogP contribution in [0.3, 0.4) is 0 Å². The molecule has 1 amide bonds. The van der Waals surface area contributed by atoms with E-state index >= 15 is 0 Å². The Kier molecular flexibility index (Phi) is 3.68. The van der Waals surface area contributed by atoms with Crippen LogP contribution >= 0.6 is 0 Å². The number of hydrogen-bond acceptors (Lipinski definition) is 3. The monoisotopic (exact) mass is 287 g/mol. The summed E-state index contributed by atoms with van der Waals surface area (Å²) in [6.45, 7) is 5.23. The number of aromatic nitrogens is 2. The minimum absolute atomic E-state index is 0.0251. The lowest BCUT2D eigenvalue weighted by Gasteiger charge is -2.33. The molecule has 5 nitrogen and oxygen atoms in total. The maximum absolute atomic E-state index is 12.7. The van der Waals surface area contributed by atoms with Gasteiger partial charge in [-0.15, -0.1) is 0 Å². The van der Waals surface area contributed by atoms with Crippen molar-refractivity contribution in [2.45, 2.75) is 32.8 Å². The van der Waals surface area contributed by atoms with E-state index in [9.17, 15) is 9.90 Å². The highest BCUT2D eigenvalue weighted by Crippen LogP contribution is 2.22. The summed E-state index contributed by atoms with van der Waals surface area (Å²) in [5.74, 6) is 0.329. The molecule has 112 valence electrons. The highest BCUT2D eigenvalue weighted by atomic mass is 16.3. The lowest BCUT2D eigenvalue weighted by molar-refractivity contribution is 0.0516. The molecule has 1 aliphatic heterocycles. The van der Waals surface area contributed by atoms with Gasteiger partial charge in [0.1, 0.15) is 11.3 Å². The standard InChI is InChI=1S/C16H21N3O2/c1-11-3-4-15-17-9-14(19(15)10-11)16(21)18-7-5-13(6-8-18)12(2)20/h3-4,9-10,12-13,20H,5-8H2,1-2H3. The van der Waals surface area contributed by atoms with Crippen molar-refractivity contribution in [3.05, 3.63) is 35.8 Å². The number of carbonyl (C=O) groups is 1. The third-order valence-electron chi connectivity index (χ3n) is 4.38. The average molecular weight is 287 g/mol. The van der Waals surface area contributed by atoms with Crippen molar-refractivity contribution in [1.29, 1.82) is 0 Å². The first kappa shape index (κ1) is 14.1. The van der Waals surface area contributed by atoms with Crippen LogP contribution in [0.5, 0.6) is 0 Å². The third kappa shape index (κ3) is 2.65. The van der Waals surface area contributed by atoms with E-state index in [4.69, 9.17) is 0 Å². The zero-order valence-corrected chi connectivity index (χ0v) is 12.5. The number of aryl methyl sites for hydroxylation is 1. The molecule has 1 unspecified atom stereocenters. The van der Waals surface area contributed by atoms with Crippen LogP contribution in [0, 0.1) is 12.8 Å². The lowest BCUT2D eigenvalue weighted by Crippen LogP contribution is -2.41. The zero-order valence-electron chi connectivity index (χ0n) is 12.5. The Bertz CT molecular complexity index is 655. The van der Waals surface area contributed by atoms with Crippen molar-refractivity contribution in [3.8, 4) is 0 Å². The van der Waals surface area contributed by atoms with Crippen LogP contribution in [-0.4, -0.2) is 44.5 Å². The van der Waals surface area contributed by atoms with E-state index in [-0.39, 0.29) is 12.0 Å². The molecule has 2 aromatic rings. The number of nitrogens with zero attached hydrogens (tertiary/aromatic N) is 3. The van der Waals surface area contributed by atoms with Gasteiger partial charge >= 0.3 is 0 Å². The molecule has 3 rings (SSSR count). The molecular formula is C16H21N3O2. The highest BCUT2D eigenvalue weighted by Gasteiger charge is 2.27. The second kappa shape index (κ2) is 5.48. The minimum atomic E-state index is -0.291. The molecule has 0 aliphatic carbocycles. The van der Waals surface area contributed by atoms with Crippen LogP contribution in [-0.2, 0) is 0 Å². The highest BCUT2D eigenvalue weighted by molar-refractivity contribution is 5.93. The molecule has 1 aliphatic rings. The van der Waals surface area contributed by atoms with Gasteiger partial charge in [0.25, 0.3) is 5.91 Å². The Balaban J connectivity index is 1.80. The second-order valence-corrected chi connectivity index (χ2v) is 5.95. The number of fused-ring (bicyclic) bond motifs is 1. The first-order valence-electron chi connectivity index (χ1n) is 7.47. The molecule has 0 radical (unpaired) electrons. The van der Waals surface area contributed by atoms with Gasteiger partial charge in [0, 0.05) is 19.3 Å². The fourth-order valence-electron chi connectivity index (χ4n) is 2.99. The van der Waals surface area contributed by atoms with Gasteiger partial charge in [-0.1, -0.05) is 6.07 Å². The Labute approximate surface area is 124 Å². The van der Waals surface area contributed by atoms with E-state index in [2.05, 4.69) is 4.98 Å². The molecule has 5 heteroatoms. The van der Waals surface area contributed by atoms with Crippen LogP contribution in [0.25, 0.3) is 5.65 Å². The quantitative estimate of drug-likeness (QED) is 0.917. The van der Waals surface area contributed by atoms with Crippen LogP contribution in [0.1, 0.15) is 35.8 Å². The zero-order chi connectivity index (χ0) is 15.0. The van der Waals surface area contributed by atoms with Gasteiger partial charge in [0.05, 0.1) is 12.3 Å². The third-order valence-corrected chi connectivity index (χ3v) is 4.38. The van der Waals surface area contributed by atoms with E-state index in [1.165, 1.54) is 0 Å². The largest absolute Gasteiger partial charge is 0.393 e. The molecule has 2 aromatic heterocycles. The molecular weight excluding hydrogens is 266 g/mol. The summed E-state index contributed by atoms with van der Waals surface area (Å²) in [4.78, 5) is 18.8. The van der Waals surface area contributed by atoms with E-state index in [0.717, 1.165) is 24.1 Å². The predicted octanol–water partition coefficient (Wildman–Crippen LogP) is 1.88. The van der Waals surface area contributed by atoms with Gasteiger partial charge in [-0.3, -0.25) is 9.20 Å². The molecule has 0 saturated carbocycles. The fourth-order valence-corrected chi connectivity index (χ4v) is 2.99. The number of aliphatic hydroxyl groups is 1. The summed E-state index contributed by atoms with van der Waals surface area (Å²) in [5, 5.41) is 9.64. The molecule has 0 aromatic carbocycles. The Morgan fingerprint density at radius 2 is 2.10 bits per heavy atom. The number of imidazole rings is 1. The lowest BCUT2D eigenvalue weighted by atomic mass is 9.92. The Morgan fingerprint density at radius 3 is 2.76 bits per heavy atom. The normalized spacial score (nSPS) is 18.1. The van der Waals surface area contributed by atoms with E-state index in [0.29, 0.717) is 24.7 Å². The number of hydrogen-bond donors (Lipinski definition) is 1. The smallest absolute Gasteiger partial charge is 0.272 e. The van der Waals surface area contributed by atoms with Gasteiger partial charge in [-0.05, 0) is 44.2 Å². The molecule has 1 fully saturated rings.